The average molecular weight is 224 g/mol. The summed E-state index contributed by atoms with van der Waals surface area (Å²) < 4.78 is 0. The van der Waals surface area contributed by atoms with E-state index in [1.807, 2.05) is 0 Å². The SMILES string of the molecule is CCCCCCCCC(C)C=CC(C)CC. The first-order chi connectivity index (χ1) is 7.70. The molecule has 2 unspecified atom stereocenters. The minimum atomic E-state index is 0.756. The molecule has 0 amide bonds. The van der Waals surface area contributed by atoms with Crippen molar-refractivity contribution in [2.24, 2.45) is 11.8 Å². The molecule has 0 aromatic rings. The molecule has 0 aromatic heterocycles. The third kappa shape index (κ3) is 10.3. The molecule has 0 radical (unpaired) electrons. The lowest BCUT2D eigenvalue weighted by Gasteiger charge is -2.07. The second-order valence-corrected chi connectivity index (χ2v) is 5.30. The monoisotopic (exact) mass is 224 g/mol. The van der Waals surface area contributed by atoms with E-state index in [-0.39, 0.29) is 0 Å². The molecule has 96 valence electrons. The fraction of sp³-hybridized carbons (Fsp3) is 0.875. The first kappa shape index (κ1) is 15.7. The molecule has 0 aromatic carbocycles. The summed E-state index contributed by atoms with van der Waals surface area (Å²) >= 11 is 0. The standard InChI is InChI=1S/C16H32/c1-5-7-8-9-10-11-12-16(4)14-13-15(3)6-2/h13-16H,5-12H2,1-4H3. The summed E-state index contributed by atoms with van der Waals surface area (Å²) in [6, 6.07) is 0. The minimum Gasteiger partial charge on any atom is -0.0854 e. The highest BCUT2D eigenvalue weighted by atomic mass is 14.0. The first-order valence-electron chi connectivity index (χ1n) is 7.39. The van der Waals surface area contributed by atoms with Gasteiger partial charge in [-0.2, -0.15) is 0 Å². The molecule has 0 aliphatic carbocycles. The van der Waals surface area contributed by atoms with Gasteiger partial charge in [0.1, 0.15) is 0 Å². The van der Waals surface area contributed by atoms with Crippen molar-refractivity contribution in [1.82, 2.24) is 0 Å². The van der Waals surface area contributed by atoms with Crippen molar-refractivity contribution >= 4 is 0 Å². The predicted molar refractivity (Wildman–Crippen MR) is 75.8 cm³/mol. The zero-order chi connectivity index (χ0) is 12.2. The third-order valence-electron chi connectivity index (χ3n) is 3.43. The van der Waals surface area contributed by atoms with Crippen molar-refractivity contribution in [2.45, 2.75) is 79.1 Å². The van der Waals surface area contributed by atoms with Crippen molar-refractivity contribution in [3.63, 3.8) is 0 Å². The summed E-state index contributed by atoms with van der Waals surface area (Å²) in [4.78, 5) is 0. The second-order valence-electron chi connectivity index (χ2n) is 5.30. The van der Waals surface area contributed by atoms with Crippen LogP contribution >= 0.6 is 0 Å². The zero-order valence-electron chi connectivity index (χ0n) is 12.0. The maximum Gasteiger partial charge on any atom is -0.0262 e. The summed E-state index contributed by atoms with van der Waals surface area (Å²) in [6.07, 6.45) is 15.9. The Hall–Kier alpha value is -0.260. The fourth-order valence-corrected chi connectivity index (χ4v) is 1.86. The zero-order valence-corrected chi connectivity index (χ0v) is 12.0. The maximum atomic E-state index is 2.42. The summed E-state index contributed by atoms with van der Waals surface area (Å²) in [5, 5.41) is 0. The van der Waals surface area contributed by atoms with E-state index in [2.05, 4.69) is 39.8 Å². The summed E-state index contributed by atoms with van der Waals surface area (Å²) in [5.41, 5.74) is 0. The number of rotatable bonds is 10. The predicted octanol–water partition coefficient (Wildman–Crippen LogP) is 5.98. The molecule has 2 atom stereocenters. The van der Waals surface area contributed by atoms with Crippen LogP contribution in [-0.2, 0) is 0 Å². The van der Waals surface area contributed by atoms with Gasteiger partial charge < -0.3 is 0 Å². The fourth-order valence-electron chi connectivity index (χ4n) is 1.86. The van der Waals surface area contributed by atoms with Gasteiger partial charge >= 0.3 is 0 Å². The van der Waals surface area contributed by atoms with Crippen LogP contribution in [0.25, 0.3) is 0 Å². The van der Waals surface area contributed by atoms with Crippen LogP contribution in [0.4, 0.5) is 0 Å². The van der Waals surface area contributed by atoms with Gasteiger partial charge in [-0.15, -0.1) is 0 Å². The molecule has 0 heterocycles. The van der Waals surface area contributed by atoms with Crippen molar-refractivity contribution in [1.29, 1.82) is 0 Å². The Morgan fingerprint density at radius 2 is 1.31 bits per heavy atom. The minimum absolute atomic E-state index is 0.756. The Morgan fingerprint density at radius 3 is 1.94 bits per heavy atom. The van der Waals surface area contributed by atoms with Crippen LogP contribution in [0.1, 0.15) is 79.1 Å². The van der Waals surface area contributed by atoms with Gasteiger partial charge in [0.2, 0.25) is 0 Å². The lowest BCUT2D eigenvalue weighted by molar-refractivity contribution is 0.540. The van der Waals surface area contributed by atoms with E-state index < -0.39 is 0 Å². The molecule has 0 aliphatic rings. The largest absolute Gasteiger partial charge is 0.0854 e. The highest BCUT2D eigenvalue weighted by molar-refractivity contribution is 4.89. The van der Waals surface area contributed by atoms with Gasteiger partial charge in [-0.3, -0.25) is 0 Å². The van der Waals surface area contributed by atoms with E-state index in [0.29, 0.717) is 0 Å². The summed E-state index contributed by atoms with van der Waals surface area (Å²) in [5.74, 6) is 1.53. The highest BCUT2D eigenvalue weighted by Gasteiger charge is 1.98. The van der Waals surface area contributed by atoms with E-state index >= 15 is 0 Å². The normalized spacial score (nSPS) is 15.5. The van der Waals surface area contributed by atoms with Crippen LogP contribution in [0.15, 0.2) is 12.2 Å². The molecule has 0 aliphatic heterocycles. The van der Waals surface area contributed by atoms with Gasteiger partial charge in [-0.1, -0.05) is 84.8 Å². The Balaban J connectivity index is 3.36. The van der Waals surface area contributed by atoms with Gasteiger partial charge in [0, 0.05) is 0 Å². The molecule has 0 heteroatoms. The van der Waals surface area contributed by atoms with Crippen molar-refractivity contribution in [2.75, 3.05) is 0 Å². The number of hydrogen-bond donors (Lipinski definition) is 0. The van der Waals surface area contributed by atoms with Gasteiger partial charge in [0.25, 0.3) is 0 Å². The summed E-state index contributed by atoms with van der Waals surface area (Å²) in [7, 11) is 0. The molecule has 0 fully saturated rings. The van der Waals surface area contributed by atoms with Gasteiger partial charge in [-0.05, 0) is 18.3 Å². The number of unbranched alkanes of at least 4 members (excludes halogenated alkanes) is 5. The smallest absolute Gasteiger partial charge is 0.0262 e. The van der Waals surface area contributed by atoms with Crippen LogP contribution in [0.2, 0.25) is 0 Å². The van der Waals surface area contributed by atoms with Crippen LogP contribution in [-0.4, -0.2) is 0 Å². The highest BCUT2D eigenvalue weighted by Crippen LogP contribution is 2.14. The first-order valence-corrected chi connectivity index (χ1v) is 7.39. The van der Waals surface area contributed by atoms with Crippen LogP contribution < -0.4 is 0 Å². The van der Waals surface area contributed by atoms with Crippen LogP contribution in [0.3, 0.4) is 0 Å². The topological polar surface area (TPSA) is 0 Å². The van der Waals surface area contributed by atoms with E-state index in [9.17, 15) is 0 Å². The van der Waals surface area contributed by atoms with E-state index in [4.69, 9.17) is 0 Å². The van der Waals surface area contributed by atoms with Crippen molar-refractivity contribution < 1.29 is 0 Å². The molecule has 0 saturated heterocycles. The summed E-state index contributed by atoms with van der Waals surface area (Å²) in [6.45, 7) is 9.19. The quantitative estimate of drug-likeness (QED) is 0.316. The van der Waals surface area contributed by atoms with Crippen LogP contribution in [0.5, 0.6) is 0 Å². The third-order valence-corrected chi connectivity index (χ3v) is 3.43. The van der Waals surface area contributed by atoms with Crippen LogP contribution in [0, 0.1) is 11.8 Å². The second kappa shape index (κ2) is 11.2. The Labute approximate surface area is 104 Å². The molecule has 16 heavy (non-hydrogen) atoms. The Morgan fingerprint density at radius 1 is 0.750 bits per heavy atom. The lowest BCUT2D eigenvalue weighted by Crippen LogP contribution is -1.92. The number of hydrogen-bond acceptors (Lipinski definition) is 0. The molecule has 0 nitrogen and oxygen atoms in total. The molecule has 0 saturated carbocycles. The van der Waals surface area contributed by atoms with E-state index in [1.54, 1.807) is 0 Å². The molecule has 0 N–H and O–H groups in total. The maximum absolute atomic E-state index is 2.42. The van der Waals surface area contributed by atoms with E-state index in [0.717, 1.165) is 11.8 Å². The molecule has 0 rings (SSSR count). The van der Waals surface area contributed by atoms with Gasteiger partial charge in [-0.25, -0.2) is 0 Å². The molecular weight excluding hydrogens is 192 g/mol. The average Bonchev–Trinajstić information content (AvgIpc) is 2.30. The lowest BCUT2D eigenvalue weighted by atomic mass is 9.99. The number of allylic oxidation sites excluding steroid dienone is 2. The van der Waals surface area contributed by atoms with Crippen molar-refractivity contribution in [3.05, 3.63) is 12.2 Å². The Bertz CT molecular complexity index is 157. The Kier molecular flexibility index (Phi) is 11.0. The van der Waals surface area contributed by atoms with E-state index in [1.165, 1.54) is 51.4 Å². The molecular formula is C16H32. The molecule has 0 bridgehead atoms. The van der Waals surface area contributed by atoms with Gasteiger partial charge in [0.15, 0.2) is 0 Å². The van der Waals surface area contributed by atoms with Crippen molar-refractivity contribution in [3.8, 4) is 0 Å². The van der Waals surface area contributed by atoms with Gasteiger partial charge in [0.05, 0.1) is 0 Å². The molecule has 0 spiro atoms.